The van der Waals surface area contributed by atoms with Gasteiger partial charge in [-0.1, -0.05) is 41.7 Å². The Bertz CT molecular complexity index is 706. The fraction of sp³-hybridized carbons (Fsp3) is 0.312. The van der Waals surface area contributed by atoms with Crippen LogP contribution in [0.1, 0.15) is 13.3 Å². The fourth-order valence-corrected chi connectivity index (χ4v) is 3.52. The highest BCUT2D eigenvalue weighted by Crippen LogP contribution is 2.30. The summed E-state index contributed by atoms with van der Waals surface area (Å²) in [4.78, 5) is 19.3. The number of hydrogen-bond acceptors (Lipinski definition) is 5. The molecule has 2 aromatic rings. The first kappa shape index (κ1) is 14.5. The van der Waals surface area contributed by atoms with Crippen molar-refractivity contribution < 1.29 is 4.79 Å². The summed E-state index contributed by atoms with van der Waals surface area (Å²) in [5, 5.41) is 12.5. The highest BCUT2D eigenvalue weighted by molar-refractivity contribution is 7.19. The smallest absolute Gasteiger partial charge is 0.231 e. The predicted octanol–water partition coefficient (Wildman–Crippen LogP) is 2.94. The number of aromatic nitrogens is 1. The zero-order valence-electron chi connectivity index (χ0n) is 12.2. The van der Waals surface area contributed by atoms with Crippen molar-refractivity contribution in [1.29, 1.82) is 5.26 Å². The fourth-order valence-electron chi connectivity index (χ4n) is 2.70. The van der Waals surface area contributed by atoms with Crippen molar-refractivity contribution in [3.8, 4) is 16.6 Å². The Balaban J connectivity index is 1.68. The Morgan fingerprint density at radius 2 is 2.23 bits per heavy atom. The van der Waals surface area contributed by atoms with Crippen LogP contribution in [0.2, 0.25) is 0 Å². The molecular weight excluding hydrogens is 296 g/mol. The van der Waals surface area contributed by atoms with Crippen molar-refractivity contribution in [2.24, 2.45) is 5.92 Å². The minimum Gasteiger partial charge on any atom is -0.307 e. The molecule has 5 nitrogen and oxygen atoms in total. The molecule has 1 saturated heterocycles. The largest absolute Gasteiger partial charge is 0.307 e. The molecular formula is C16H16N4OS. The maximum Gasteiger partial charge on any atom is 0.231 e. The lowest BCUT2D eigenvalue weighted by Crippen LogP contribution is -2.32. The molecule has 6 heteroatoms. The van der Waals surface area contributed by atoms with Crippen LogP contribution < -0.4 is 5.32 Å². The molecule has 0 aliphatic carbocycles. The van der Waals surface area contributed by atoms with Gasteiger partial charge in [-0.25, -0.2) is 4.98 Å². The molecule has 2 atom stereocenters. The van der Waals surface area contributed by atoms with Gasteiger partial charge in [-0.3, -0.25) is 4.79 Å². The number of likely N-dealkylation sites (tertiary alicyclic amines) is 1. The van der Waals surface area contributed by atoms with Crippen LogP contribution in [0.3, 0.4) is 0 Å². The summed E-state index contributed by atoms with van der Waals surface area (Å²) in [6.45, 7) is 2.56. The molecule has 2 heterocycles. The van der Waals surface area contributed by atoms with E-state index in [1.54, 1.807) is 11.1 Å². The van der Waals surface area contributed by atoms with Crippen molar-refractivity contribution in [3.05, 3.63) is 36.5 Å². The number of benzene rings is 1. The van der Waals surface area contributed by atoms with Crippen LogP contribution in [-0.2, 0) is 4.79 Å². The van der Waals surface area contributed by atoms with E-state index in [1.807, 2.05) is 37.3 Å². The van der Waals surface area contributed by atoms with Crippen LogP contribution in [0.4, 0.5) is 5.13 Å². The third-order valence-electron chi connectivity index (χ3n) is 4.01. The van der Waals surface area contributed by atoms with E-state index >= 15 is 0 Å². The summed E-state index contributed by atoms with van der Waals surface area (Å²) in [6, 6.07) is 9.90. The lowest BCUT2D eigenvalue weighted by Gasteiger charge is -2.18. The van der Waals surface area contributed by atoms with Gasteiger partial charge in [-0.05, 0) is 18.9 Å². The highest BCUT2D eigenvalue weighted by Gasteiger charge is 2.35. The Hall–Kier alpha value is -2.39. The van der Waals surface area contributed by atoms with Gasteiger partial charge in [0.05, 0.1) is 10.8 Å². The van der Waals surface area contributed by atoms with Crippen molar-refractivity contribution in [3.63, 3.8) is 0 Å². The molecule has 0 radical (unpaired) electrons. The number of rotatable bonds is 3. The van der Waals surface area contributed by atoms with Gasteiger partial charge < -0.3 is 10.2 Å². The first-order chi connectivity index (χ1) is 10.7. The van der Waals surface area contributed by atoms with E-state index in [9.17, 15) is 4.79 Å². The number of nitrogens with one attached hydrogen (secondary N) is 1. The van der Waals surface area contributed by atoms with E-state index in [2.05, 4.69) is 16.5 Å². The second-order valence-corrected chi connectivity index (χ2v) is 6.34. The maximum absolute atomic E-state index is 12.4. The predicted molar refractivity (Wildman–Crippen MR) is 86.1 cm³/mol. The van der Waals surface area contributed by atoms with Gasteiger partial charge in [-0.2, -0.15) is 5.26 Å². The van der Waals surface area contributed by atoms with Crippen molar-refractivity contribution in [2.45, 2.75) is 19.4 Å². The number of carbonyl (C=O) groups is 1. The average Bonchev–Trinajstić information content (AvgIpc) is 3.14. The Labute approximate surface area is 133 Å². The van der Waals surface area contributed by atoms with Crippen molar-refractivity contribution in [2.75, 3.05) is 11.9 Å². The zero-order valence-corrected chi connectivity index (χ0v) is 13.0. The molecule has 1 amide bonds. The average molecular weight is 312 g/mol. The number of hydrogen-bond donors (Lipinski definition) is 1. The number of nitrogens with zero attached hydrogens (tertiary/aromatic N) is 3. The van der Waals surface area contributed by atoms with Gasteiger partial charge in [-0.15, -0.1) is 0 Å². The van der Waals surface area contributed by atoms with Gasteiger partial charge in [0.25, 0.3) is 0 Å². The monoisotopic (exact) mass is 312 g/mol. The van der Waals surface area contributed by atoms with Crippen LogP contribution in [0.25, 0.3) is 10.4 Å². The minimum atomic E-state index is -0.163. The normalized spacial score (nSPS) is 20.6. The quantitative estimate of drug-likeness (QED) is 0.885. The summed E-state index contributed by atoms with van der Waals surface area (Å²) in [5.74, 6) is -0.220. The SMILES string of the molecule is CC1C(C(=O)Nc2ncc(-c3ccccc3)s2)CCN1C#N. The standard InChI is InChI=1S/C16H16N4OS/c1-11-13(7-8-20(11)10-17)15(21)19-16-18-9-14(22-16)12-5-3-2-4-6-12/h2-6,9,11,13H,7-8H2,1H3,(H,18,19,21). The van der Waals surface area contributed by atoms with Crippen LogP contribution in [0.5, 0.6) is 0 Å². The number of nitriles is 1. The van der Waals surface area contributed by atoms with E-state index in [-0.39, 0.29) is 17.9 Å². The summed E-state index contributed by atoms with van der Waals surface area (Å²) in [5.41, 5.74) is 1.09. The Morgan fingerprint density at radius 1 is 1.45 bits per heavy atom. The molecule has 0 saturated carbocycles. The molecule has 1 aliphatic rings. The molecule has 1 fully saturated rings. The van der Waals surface area contributed by atoms with Gasteiger partial charge in [0.2, 0.25) is 5.91 Å². The van der Waals surface area contributed by atoms with E-state index < -0.39 is 0 Å². The Morgan fingerprint density at radius 3 is 2.91 bits per heavy atom. The third kappa shape index (κ3) is 2.81. The van der Waals surface area contributed by atoms with Crippen molar-refractivity contribution in [1.82, 2.24) is 9.88 Å². The molecule has 22 heavy (non-hydrogen) atoms. The number of amides is 1. The molecule has 1 aromatic carbocycles. The molecule has 0 spiro atoms. The molecule has 3 rings (SSSR count). The number of anilines is 1. The maximum atomic E-state index is 12.4. The first-order valence-electron chi connectivity index (χ1n) is 7.17. The molecule has 1 aromatic heterocycles. The molecule has 112 valence electrons. The van der Waals surface area contributed by atoms with Crippen LogP contribution in [0, 0.1) is 17.4 Å². The van der Waals surface area contributed by atoms with E-state index in [0.717, 1.165) is 10.4 Å². The first-order valence-corrected chi connectivity index (χ1v) is 7.99. The molecule has 1 N–H and O–H groups in total. The van der Waals surface area contributed by atoms with Crippen LogP contribution in [-0.4, -0.2) is 28.4 Å². The zero-order chi connectivity index (χ0) is 15.5. The van der Waals surface area contributed by atoms with E-state index in [0.29, 0.717) is 18.1 Å². The summed E-state index contributed by atoms with van der Waals surface area (Å²) < 4.78 is 0. The summed E-state index contributed by atoms with van der Waals surface area (Å²) in [7, 11) is 0. The molecule has 0 bridgehead atoms. The third-order valence-corrected chi connectivity index (χ3v) is 4.98. The summed E-state index contributed by atoms with van der Waals surface area (Å²) >= 11 is 1.46. The summed E-state index contributed by atoms with van der Waals surface area (Å²) in [6.07, 6.45) is 4.61. The minimum absolute atomic E-state index is 0.0563. The van der Waals surface area contributed by atoms with Crippen LogP contribution in [0.15, 0.2) is 36.5 Å². The van der Waals surface area contributed by atoms with Gasteiger partial charge >= 0.3 is 0 Å². The second-order valence-electron chi connectivity index (χ2n) is 5.31. The molecule has 1 aliphatic heterocycles. The topological polar surface area (TPSA) is 69.0 Å². The van der Waals surface area contributed by atoms with Gasteiger partial charge in [0.15, 0.2) is 11.3 Å². The highest BCUT2D eigenvalue weighted by atomic mass is 32.1. The van der Waals surface area contributed by atoms with Crippen LogP contribution >= 0.6 is 11.3 Å². The Kier molecular flexibility index (Phi) is 4.07. The van der Waals surface area contributed by atoms with E-state index in [1.165, 1.54) is 11.3 Å². The molecule has 2 unspecified atom stereocenters. The van der Waals surface area contributed by atoms with Gasteiger partial charge in [0, 0.05) is 18.8 Å². The number of thiazole rings is 1. The second kappa shape index (κ2) is 6.16. The number of carbonyl (C=O) groups excluding carboxylic acids is 1. The van der Waals surface area contributed by atoms with E-state index in [4.69, 9.17) is 5.26 Å². The van der Waals surface area contributed by atoms with Crippen molar-refractivity contribution >= 4 is 22.4 Å². The lowest BCUT2D eigenvalue weighted by atomic mass is 10.0. The lowest BCUT2D eigenvalue weighted by molar-refractivity contribution is -0.120. The van der Waals surface area contributed by atoms with Gasteiger partial charge in [0.1, 0.15) is 0 Å².